The Morgan fingerprint density at radius 3 is 2.40 bits per heavy atom. The highest BCUT2D eigenvalue weighted by molar-refractivity contribution is 6.01. The van der Waals surface area contributed by atoms with Crippen LogP contribution in [0.5, 0.6) is 0 Å². The summed E-state index contributed by atoms with van der Waals surface area (Å²) in [5, 5.41) is 9.16. The van der Waals surface area contributed by atoms with Crippen molar-refractivity contribution in [1.29, 1.82) is 0 Å². The summed E-state index contributed by atoms with van der Waals surface area (Å²) in [6.45, 7) is 2.04. The Morgan fingerprint density at radius 1 is 0.953 bits per heavy atom. The second kappa shape index (κ2) is 12.8. The average molecular weight is 577 g/mol. The third kappa shape index (κ3) is 6.14. The Bertz CT molecular complexity index is 1970. The molecule has 12 heteroatoms. The van der Waals surface area contributed by atoms with Gasteiger partial charge in [-0.25, -0.2) is 25.4 Å². The first-order chi connectivity index (χ1) is 20.9. The van der Waals surface area contributed by atoms with Crippen LogP contribution >= 0.6 is 0 Å². The highest BCUT2D eigenvalue weighted by atomic mass is 16.5. The van der Waals surface area contributed by atoms with Crippen molar-refractivity contribution in [2.45, 2.75) is 26.2 Å². The molecule has 0 saturated heterocycles. The number of Topliss-reactive ketones (excluding diaryl/α,β-unsaturated/α-hetero) is 1. The molecule has 6 rings (SSSR count). The molecule has 0 bridgehead atoms. The summed E-state index contributed by atoms with van der Waals surface area (Å²) in [6, 6.07) is 20.7. The van der Waals surface area contributed by atoms with Gasteiger partial charge in [0.1, 0.15) is 17.7 Å². The molecule has 0 fully saturated rings. The summed E-state index contributed by atoms with van der Waals surface area (Å²) in [4.78, 5) is 57.3. The van der Waals surface area contributed by atoms with E-state index in [1.165, 1.54) is 36.9 Å². The number of carbonyl (C=O) groups excluding carboxylic acids is 2. The van der Waals surface area contributed by atoms with Gasteiger partial charge in [0.05, 0.1) is 22.9 Å². The number of hydrogen-bond acceptors (Lipinski definition) is 9. The number of aromatic amines is 1. The highest BCUT2D eigenvalue weighted by Crippen LogP contribution is 2.20. The van der Waals surface area contributed by atoms with Crippen LogP contribution in [0.2, 0.25) is 0 Å². The molecule has 0 radical (unpaired) electrons. The molecule has 0 unspecified atom stereocenters. The number of para-hydroxylation sites is 1. The van der Waals surface area contributed by atoms with Crippen molar-refractivity contribution in [1.82, 2.24) is 35.0 Å². The molecule has 0 atom stereocenters. The second-order valence-corrected chi connectivity index (χ2v) is 9.54. The van der Waals surface area contributed by atoms with Gasteiger partial charge in [0.2, 0.25) is 0 Å². The topological polar surface area (TPSA) is 182 Å². The van der Waals surface area contributed by atoms with Crippen molar-refractivity contribution in [3.05, 3.63) is 118 Å². The van der Waals surface area contributed by atoms with Crippen LogP contribution in [-0.2, 0) is 12.8 Å². The molecule has 0 saturated carbocycles. The van der Waals surface area contributed by atoms with Crippen LogP contribution in [0.4, 0.5) is 5.82 Å². The Balaban J connectivity index is 0.000000308. The zero-order valence-electron chi connectivity index (χ0n) is 23.2. The van der Waals surface area contributed by atoms with Crippen molar-refractivity contribution in [3.8, 4) is 5.69 Å². The molecule has 6 aromatic rings. The lowest BCUT2D eigenvalue weighted by Gasteiger charge is -2.15. The number of nitrogens with two attached hydrogens (primary N) is 1. The number of fused-ring (bicyclic) bond motifs is 2. The van der Waals surface area contributed by atoms with Gasteiger partial charge in [-0.15, -0.1) is 0 Å². The van der Waals surface area contributed by atoms with E-state index >= 15 is 0 Å². The number of anilines is 1. The van der Waals surface area contributed by atoms with Gasteiger partial charge in [0.25, 0.3) is 11.5 Å². The molecule has 0 spiro atoms. The number of nitrogen functional groups attached to an aromatic ring is 1. The molecule has 43 heavy (non-hydrogen) atoms. The smallest absolute Gasteiger partial charge is 0.274 e. The minimum absolute atomic E-state index is 0.0156. The number of rotatable bonds is 7. The summed E-state index contributed by atoms with van der Waals surface area (Å²) in [6.07, 6.45) is 4.43. The molecular weight excluding hydrogens is 548 g/mol. The first-order valence-corrected chi connectivity index (χ1v) is 13.5. The van der Waals surface area contributed by atoms with E-state index in [-0.39, 0.29) is 23.3 Å². The molecule has 3 aromatic heterocycles. The quantitative estimate of drug-likeness (QED) is 0.125. The van der Waals surface area contributed by atoms with Crippen LogP contribution in [0.15, 0.2) is 90.2 Å². The number of nitrogens with zero attached hydrogens (tertiary/aromatic N) is 5. The molecule has 3 heterocycles. The minimum Gasteiger partial charge on any atom is -0.382 e. The third-order valence-electron chi connectivity index (χ3n) is 6.72. The van der Waals surface area contributed by atoms with E-state index in [4.69, 9.17) is 15.9 Å². The predicted molar refractivity (Wildman–Crippen MR) is 161 cm³/mol. The molecule has 216 valence electrons. The molecule has 0 aliphatic carbocycles. The lowest BCUT2D eigenvalue weighted by Crippen LogP contribution is -2.25. The standard InChI is InChI=1S/C26H23N3O4.C5H5N5/c1-2-7-23-27-21-11-6-8-19(24(21)26(32)29(23)20-9-4-3-5-10-20)16-22(30)17-12-14-18(15-13-17)25(31)28-33;6-4-3-5(9-1-7-3)10-2-8-4/h3-6,8-15,33H,2,7,16H2,1H3,(H,28,31);1-2H,(H3,6,7,8,9,10). The summed E-state index contributed by atoms with van der Waals surface area (Å²) >= 11 is 0. The molecule has 3 aromatic carbocycles. The van der Waals surface area contributed by atoms with Crippen LogP contribution in [-0.4, -0.2) is 46.4 Å². The van der Waals surface area contributed by atoms with Crippen molar-refractivity contribution >= 4 is 39.6 Å². The van der Waals surface area contributed by atoms with Gasteiger partial charge in [0, 0.05) is 24.0 Å². The van der Waals surface area contributed by atoms with E-state index in [0.29, 0.717) is 51.3 Å². The lowest BCUT2D eigenvalue weighted by molar-refractivity contribution is 0.0706. The van der Waals surface area contributed by atoms with Crippen LogP contribution in [0, 0.1) is 0 Å². The first kappa shape index (κ1) is 28.8. The number of H-pyrrole nitrogens is 1. The SMILES string of the molecule is CCCc1nc2cccc(CC(=O)c3ccc(C(=O)NO)cc3)c2c(=O)n1-c1ccccc1.Nc1ncnc2nc[nH]c12. The summed E-state index contributed by atoms with van der Waals surface area (Å²) in [5.41, 5.74) is 10.7. The molecule has 0 aliphatic heterocycles. The summed E-state index contributed by atoms with van der Waals surface area (Å²) in [7, 11) is 0. The van der Waals surface area contributed by atoms with Gasteiger partial charge in [-0.3, -0.25) is 24.2 Å². The molecule has 12 nitrogen and oxygen atoms in total. The van der Waals surface area contributed by atoms with Crippen molar-refractivity contribution in [2.75, 3.05) is 5.73 Å². The number of hydroxylamine groups is 1. The molecule has 0 aliphatic rings. The van der Waals surface area contributed by atoms with E-state index in [1.807, 2.05) is 37.3 Å². The lowest BCUT2D eigenvalue weighted by atomic mass is 9.99. The van der Waals surface area contributed by atoms with Gasteiger partial charge >= 0.3 is 0 Å². The fourth-order valence-electron chi connectivity index (χ4n) is 4.66. The van der Waals surface area contributed by atoms with E-state index in [1.54, 1.807) is 28.2 Å². The van der Waals surface area contributed by atoms with Gasteiger partial charge in [-0.1, -0.05) is 49.4 Å². The van der Waals surface area contributed by atoms with Gasteiger partial charge in [-0.2, -0.15) is 0 Å². The van der Waals surface area contributed by atoms with Gasteiger partial charge in [0.15, 0.2) is 17.2 Å². The minimum atomic E-state index is -0.654. The van der Waals surface area contributed by atoms with Crippen molar-refractivity contribution in [3.63, 3.8) is 0 Å². The number of aryl methyl sites for hydroxylation is 1. The number of hydrogen-bond donors (Lipinski definition) is 4. The van der Waals surface area contributed by atoms with Crippen LogP contribution in [0.3, 0.4) is 0 Å². The number of nitrogens with one attached hydrogen (secondary N) is 2. The second-order valence-electron chi connectivity index (χ2n) is 9.54. The van der Waals surface area contributed by atoms with Crippen molar-refractivity contribution < 1.29 is 14.8 Å². The summed E-state index contributed by atoms with van der Waals surface area (Å²) in [5.74, 6) is 0.269. The number of amides is 1. The Kier molecular flexibility index (Phi) is 8.58. The molecule has 5 N–H and O–H groups in total. The van der Waals surface area contributed by atoms with Gasteiger partial charge < -0.3 is 10.7 Å². The number of imidazole rings is 1. The van der Waals surface area contributed by atoms with E-state index in [9.17, 15) is 14.4 Å². The Hall–Kier alpha value is -5.75. The summed E-state index contributed by atoms with van der Waals surface area (Å²) < 4.78 is 1.63. The monoisotopic (exact) mass is 576 g/mol. The highest BCUT2D eigenvalue weighted by Gasteiger charge is 2.17. The predicted octanol–water partition coefficient (Wildman–Crippen LogP) is 3.82. The fourth-order valence-corrected chi connectivity index (χ4v) is 4.66. The first-order valence-electron chi connectivity index (χ1n) is 13.5. The number of benzene rings is 3. The fraction of sp³-hybridized carbons (Fsp3) is 0.129. The zero-order valence-corrected chi connectivity index (χ0v) is 23.2. The van der Waals surface area contributed by atoms with E-state index in [2.05, 4.69) is 19.9 Å². The molecule has 1 amide bonds. The van der Waals surface area contributed by atoms with Crippen LogP contribution in [0.1, 0.15) is 45.4 Å². The van der Waals surface area contributed by atoms with Crippen LogP contribution < -0.4 is 16.8 Å². The maximum Gasteiger partial charge on any atom is 0.274 e. The number of ketones is 1. The molecular formula is C31H28N8O4. The number of aromatic nitrogens is 6. The van der Waals surface area contributed by atoms with Crippen LogP contribution in [0.25, 0.3) is 27.8 Å². The van der Waals surface area contributed by atoms with Gasteiger partial charge in [-0.05, 0) is 42.3 Å². The zero-order chi connectivity index (χ0) is 30.3. The van der Waals surface area contributed by atoms with E-state index < -0.39 is 5.91 Å². The average Bonchev–Trinajstić information content (AvgIpc) is 3.52. The number of carbonyl (C=O) groups is 2. The largest absolute Gasteiger partial charge is 0.382 e. The maximum atomic E-state index is 13.7. The van der Waals surface area contributed by atoms with E-state index in [0.717, 1.165) is 12.1 Å². The third-order valence-corrected chi connectivity index (χ3v) is 6.72. The Labute approximate surface area is 245 Å². The van der Waals surface area contributed by atoms with Crippen molar-refractivity contribution in [2.24, 2.45) is 0 Å². The Morgan fingerprint density at radius 2 is 1.70 bits per heavy atom. The maximum absolute atomic E-state index is 13.7. The normalized spacial score (nSPS) is 10.7.